The molecule has 0 bridgehead atoms. The molecule has 13 heteroatoms. The average molecular weight is 533 g/mol. The number of amides is 2. The van der Waals surface area contributed by atoms with Crippen LogP contribution in [0.3, 0.4) is 0 Å². The molecular weight excluding hydrogens is 505 g/mol. The summed E-state index contributed by atoms with van der Waals surface area (Å²) in [4.78, 5) is 44.0. The number of carboxylic acids is 1. The molecule has 3 rings (SSSR count). The van der Waals surface area contributed by atoms with Crippen molar-refractivity contribution in [2.45, 2.75) is 25.8 Å². The van der Waals surface area contributed by atoms with Gasteiger partial charge in [-0.3, -0.25) is 24.8 Å². The van der Waals surface area contributed by atoms with E-state index in [1.165, 1.54) is 6.20 Å². The first kappa shape index (κ1) is 28.3. The molecule has 2 aromatic carbocycles. The number of H-pyrrole nitrogens is 1. The third-order valence-corrected chi connectivity index (χ3v) is 5.50. The number of nitrogens with two attached hydrogens (primary N) is 1. The van der Waals surface area contributed by atoms with Gasteiger partial charge >= 0.3 is 12.0 Å². The van der Waals surface area contributed by atoms with Gasteiger partial charge in [0.2, 0.25) is 5.95 Å². The third-order valence-electron chi connectivity index (χ3n) is 5.50. The number of rotatable bonds is 12. The zero-order valence-corrected chi connectivity index (χ0v) is 20.3. The summed E-state index contributed by atoms with van der Waals surface area (Å²) in [6.45, 7) is 2.46. The highest BCUT2D eigenvalue weighted by Crippen LogP contribution is 2.19. The molecule has 0 saturated carbocycles. The number of carbonyl (C=O) groups excluding carboxylic acids is 1. The van der Waals surface area contributed by atoms with Crippen LogP contribution in [0.15, 0.2) is 47.4 Å². The first-order chi connectivity index (χ1) is 18.2. The number of aliphatic carboxylic acids is 1. The van der Waals surface area contributed by atoms with E-state index in [2.05, 4.69) is 20.2 Å². The van der Waals surface area contributed by atoms with E-state index in [9.17, 15) is 27.6 Å². The van der Waals surface area contributed by atoms with Crippen molar-refractivity contribution in [3.8, 4) is 11.1 Å². The Kier molecular flexibility index (Phi) is 9.96. The lowest BCUT2D eigenvalue weighted by Crippen LogP contribution is -2.27. The summed E-state index contributed by atoms with van der Waals surface area (Å²) in [5.41, 5.74) is 6.22. The number of aromatic nitrogens is 2. The lowest BCUT2D eigenvalue weighted by molar-refractivity contribution is -0.137. The fourth-order valence-electron chi connectivity index (χ4n) is 3.63. The van der Waals surface area contributed by atoms with Gasteiger partial charge in [0, 0.05) is 31.3 Å². The van der Waals surface area contributed by atoms with Gasteiger partial charge in [0.05, 0.1) is 11.3 Å². The summed E-state index contributed by atoms with van der Waals surface area (Å²) in [6.07, 6.45) is 2.64. The molecule has 1 aromatic heterocycles. The van der Waals surface area contributed by atoms with Gasteiger partial charge in [-0.05, 0) is 43.6 Å². The van der Waals surface area contributed by atoms with Crippen molar-refractivity contribution in [2.24, 2.45) is 5.73 Å². The Morgan fingerprint density at radius 1 is 1.00 bits per heavy atom. The molecule has 0 unspecified atom stereocenters. The van der Waals surface area contributed by atoms with Crippen LogP contribution in [-0.2, 0) is 11.3 Å². The SMILES string of the molecule is NCCCN(CCCC(=O)O)Cc1ccc(-c2cnc(NC(=O)Nc3cc(F)c(F)cc3F)[nH]c2=O)cc1. The molecule has 2 amide bonds. The Morgan fingerprint density at radius 3 is 2.34 bits per heavy atom. The molecule has 0 aliphatic heterocycles. The summed E-state index contributed by atoms with van der Waals surface area (Å²) >= 11 is 0. The van der Waals surface area contributed by atoms with E-state index in [0.717, 1.165) is 18.5 Å². The van der Waals surface area contributed by atoms with E-state index in [0.29, 0.717) is 43.8 Å². The Labute approximate surface area is 215 Å². The Morgan fingerprint density at radius 2 is 1.68 bits per heavy atom. The van der Waals surface area contributed by atoms with Gasteiger partial charge in [-0.2, -0.15) is 0 Å². The number of carboxylic acid groups (broad SMARTS) is 1. The highest BCUT2D eigenvalue weighted by Gasteiger charge is 2.14. The number of nitrogens with one attached hydrogen (secondary N) is 3. The molecular formula is C25H27F3N6O4. The molecule has 0 saturated heterocycles. The number of benzene rings is 2. The molecule has 0 fully saturated rings. The summed E-state index contributed by atoms with van der Waals surface area (Å²) in [6, 6.07) is 6.92. The maximum absolute atomic E-state index is 13.7. The van der Waals surface area contributed by atoms with Gasteiger partial charge in [0.25, 0.3) is 5.56 Å². The van der Waals surface area contributed by atoms with E-state index < -0.39 is 40.7 Å². The fraction of sp³-hybridized carbons (Fsp3) is 0.280. The zero-order chi connectivity index (χ0) is 27.7. The van der Waals surface area contributed by atoms with Gasteiger partial charge in [-0.25, -0.2) is 22.9 Å². The summed E-state index contributed by atoms with van der Waals surface area (Å²) in [5, 5.41) is 13.1. The van der Waals surface area contributed by atoms with Crippen LogP contribution >= 0.6 is 0 Å². The molecule has 0 aliphatic rings. The fourth-order valence-corrected chi connectivity index (χ4v) is 3.63. The van der Waals surface area contributed by atoms with Crippen molar-refractivity contribution in [3.63, 3.8) is 0 Å². The van der Waals surface area contributed by atoms with Crippen LogP contribution in [0.1, 0.15) is 24.8 Å². The predicted octanol–water partition coefficient (Wildman–Crippen LogP) is 3.51. The van der Waals surface area contributed by atoms with Crippen molar-refractivity contribution in [2.75, 3.05) is 30.3 Å². The van der Waals surface area contributed by atoms with Crippen molar-refractivity contribution < 1.29 is 27.9 Å². The van der Waals surface area contributed by atoms with Gasteiger partial charge in [-0.1, -0.05) is 24.3 Å². The van der Waals surface area contributed by atoms with Crippen LogP contribution in [0.4, 0.5) is 29.6 Å². The number of halogens is 3. The minimum Gasteiger partial charge on any atom is -0.481 e. The van der Waals surface area contributed by atoms with Crippen molar-refractivity contribution in [1.29, 1.82) is 0 Å². The molecule has 0 radical (unpaired) electrons. The number of aromatic amines is 1. The third kappa shape index (κ3) is 8.15. The number of urea groups is 1. The van der Waals surface area contributed by atoms with E-state index >= 15 is 0 Å². The standard InChI is InChI=1S/C25H27F3N6O4/c26-18-11-20(28)21(12-19(18)27)31-25(38)33-24-30-13-17(23(37)32-24)16-6-4-15(5-7-16)14-34(10-2-8-29)9-1-3-22(35)36/h4-7,11-13H,1-3,8-10,14,29H2,(H,35,36)(H3,30,31,32,33,37,38). The van der Waals surface area contributed by atoms with E-state index in [-0.39, 0.29) is 17.9 Å². The second kappa shape index (κ2) is 13.4. The molecule has 1 heterocycles. The highest BCUT2D eigenvalue weighted by atomic mass is 19.2. The first-order valence-corrected chi connectivity index (χ1v) is 11.7. The van der Waals surface area contributed by atoms with Crippen molar-refractivity contribution in [3.05, 3.63) is 76.0 Å². The maximum Gasteiger partial charge on any atom is 0.326 e. The Bertz CT molecular complexity index is 1330. The maximum atomic E-state index is 13.7. The normalized spacial score (nSPS) is 11.0. The van der Waals surface area contributed by atoms with Crippen LogP contribution in [0.25, 0.3) is 11.1 Å². The Hall–Kier alpha value is -4.23. The lowest BCUT2D eigenvalue weighted by Gasteiger charge is -2.22. The van der Waals surface area contributed by atoms with Gasteiger partial charge < -0.3 is 16.2 Å². The van der Waals surface area contributed by atoms with Crippen LogP contribution in [-0.4, -0.2) is 51.6 Å². The van der Waals surface area contributed by atoms with E-state index in [1.54, 1.807) is 12.1 Å². The quantitative estimate of drug-likeness (QED) is 0.224. The molecule has 10 nitrogen and oxygen atoms in total. The zero-order valence-electron chi connectivity index (χ0n) is 20.3. The number of anilines is 2. The number of carbonyl (C=O) groups is 2. The van der Waals surface area contributed by atoms with Crippen LogP contribution in [0.5, 0.6) is 0 Å². The first-order valence-electron chi connectivity index (χ1n) is 11.7. The topological polar surface area (TPSA) is 153 Å². The summed E-state index contributed by atoms with van der Waals surface area (Å²) < 4.78 is 40.1. The molecule has 3 aromatic rings. The minimum atomic E-state index is -1.40. The second-order valence-electron chi connectivity index (χ2n) is 8.41. The minimum absolute atomic E-state index is 0.0853. The van der Waals surface area contributed by atoms with E-state index in [4.69, 9.17) is 10.8 Å². The molecule has 38 heavy (non-hydrogen) atoms. The monoisotopic (exact) mass is 532 g/mol. The summed E-state index contributed by atoms with van der Waals surface area (Å²) in [7, 11) is 0. The van der Waals surface area contributed by atoms with Crippen molar-refractivity contribution >= 4 is 23.6 Å². The predicted molar refractivity (Wildman–Crippen MR) is 135 cm³/mol. The van der Waals surface area contributed by atoms with Crippen LogP contribution in [0, 0.1) is 17.5 Å². The highest BCUT2D eigenvalue weighted by molar-refractivity contribution is 5.98. The average Bonchev–Trinajstić information content (AvgIpc) is 2.86. The van der Waals surface area contributed by atoms with Gasteiger partial charge in [-0.15, -0.1) is 0 Å². The van der Waals surface area contributed by atoms with Crippen LogP contribution < -0.4 is 21.9 Å². The molecule has 0 atom stereocenters. The van der Waals surface area contributed by atoms with E-state index in [1.807, 2.05) is 17.4 Å². The lowest BCUT2D eigenvalue weighted by atomic mass is 10.1. The smallest absolute Gasteiger partial charge is 0.326 e. The molecule has 0 spiro atoms. The van der Waals surface area contributed by atoms with Gasteiger partial charge in [0.1, 0.15) is 5.82 Å². The molecule has 202 valence electrons. The molecule has 0 aliphatic carbocycles. The Balaban J connectivity index is 1.64. The van der Waals surface area contributed by atoms with Crippen molar-refractivity contribution in [1.82, 2.24) is 14.9 Å². The van der Waals surface area contributed by atoms with Gasteiger partial charge in [0.15, 0.2) is 11.6 Å². The summed E-state index contributed by atoms with van der Waals surface area (Å²) in [5.74, 6) is -5.01. The molecule has 6 N–H and O–H groups in total. The largest absolute Gasteiger partial charge is 0.481 e. The van der Waals surface area contributed by atoms with Crippen LogP contribution in [0.2, 0.25) is 0 Å². The number of nitrogens with zero attached hydrogens (tertiary/aromatic N) is 2. The number of hydrogen-bond acceptors (Lipinski definition) is 6. The number of hydrogen-bond donors (Lipinski definition) is 5. The second-order valence-corrected chi connectivity index (χ2v) is 8.41.